The molecular formula is C19H38NNaO5. The van der Waals surface area contributed by atoms with Crippen LogP contribution in [-0.2, 0) is 4.74 Å². The molecule has 1 saturated heterocycles. The number of rotatable bonds is 13. The van der Waals surface area contributed by atoms with E-state index in [-0.39, 0.29) is 29.6 Å². The molecule has 1 rings (SSSR count). The summed E-state index contributed by atoms with van der Waals surface area (Å²) in [6.07, 6.45) is 7.64. The monoisotopic (exact) mass is 383 g/mol. The molecule has 150 valence electrons. The van der Waals surface area contributed by atoms with Crippen molar-refractivity contribution < 1.29 is 54.7 Å². The van der Waals surface area contributed by atoms with Gasteiger partial charge in [0.15, 0.2) is 0 Å². The Balaban J connectivity index is 0.00000625. The molecular weight excluding hydrogens is 345 g/mol. The van der Waals surface area contributed by atoms with Gasteiger partial charge in [-0.1, -0.05) is 71.1 Å². The summed E-state index contributed by atoms with van der Waals surface area (Å²) in [6, 6.07) is 0. The molecule has 1 fully saturated rings. The minimum absolute atomic E-state index is 0. The van der Waals surface area contributed by atoms with Crippen LogP contribution >= 0.6 is 0 Å². The van der Waals surface area contributed by atoms with Crippen molar-refractivity contribution in [3.63, 3.8) is 0 Å². The summed E-state index contributed by atoms with van der Waals surface area (Å²) in [5, 5.41) is 43.7. The van der Waals surface area contributed by atoms with Gasteiger partial charge in [-0.3, -0.25) is 0 Å². The van der Waals surface area contributed by atoms with Crippen LogP contribution in [0.4, 0.5) is 0 Å². The second-order valence-electron chi connectivity index (χ2n) is 7.27. The molecule has 1 aliphatic rings. The summed E-state index contributed by atoms with van der Waals surface area (Å²) in [5.41, 5.74) is -1.24. The zero-order chi connectivity index (χ0) is 18.7. The molecule has 5 atom stereocenters. The van der Waals surface area contributed by atoms with Crippen LogP contribution in [0.2, 0.25) is 0 Å². The Bertz CT molecular complexity index is 348. The van der Waals surface area contributed by atoms with E-state index in [0.29, 0.717) is 6.42 Å². The Morgan fingerprint density at radius 2 is 1.35 bits per heavy atom. The number of likely N-dealkylation sites (N-methyl/N-ethyl adjacent to an activating group) is 1. The molecule has 0 aromatic rings. The zero-order valence-electron chi connectivity index (χ0n) is 16.9. The van der Waals surface area contributed by atoms with Crippen LogP contribution < -0.4 is 29.6 Å². The average Bonchev–Trinajstić information content (AvgIpc) is 2.63. The number of hydrogen-bond acceptors (Lipinski definition) is 5. The minimum atomic E-state index is -1.36. The standard InChI is InChI=1S/C19H38NO5.Na/c1-3-4-5-6-7-8-9-10-11-12-13-19(20-2)18(24)17(23)16(22)15(14-21)25-19;/h15-18,21-24H,3-14H2,1-2H3;/q-1;+1/t15-,16-,17+,18-,19?;/m1./s1. The minimum Gasteiger partial charge on any atom is -0.634 e. The van der Waals surface area contributed by atoms with Gasteiger partial charge < -0.3 is 30.5 Å². The first-order valence-corrected chi connectivity index (χ1v) is 9.96. The number of aliphatic hydroxyl groups is 4. The summed E-state index contributed by atoms with van der Waals surface area (Å²) in [7, 11) is 1.54. The predicted octanol–water partition coefficient (Wildman–Crippen LogP) is -0.525. The first kappa shape index (κ1) is 26.8. The van der Waals surface area contributed by atoms with E-state index in [1.54, 1.807) is 7.05 Å². The van der Waals surface area contributed by atoms with Crippen molar-refractivity contribution >= 4 is 0 Å². The molecule has 7 heteroatoms. The van der Waals surface area contributed by atoms with Gasteiger partial charge in [0.25, 0.3) is 0 Å². The van der Waals surface area contributed by atoms with Crippen LogP contribution in [0.1, 0.15) is 77.6 Å². The molecule has 6 nitrogen and oxygen atoms in total. The van der Waals surface area contributed by atoms with E-state index in [0.717, 1.165) is 19.3 Å². The van der Waals surface area contributed by atoms with Crippen LogP contribution in [0.25, 0.3) is 5.32 Å². The first-order valence-electron chi connectivity index (χ1n) is 9.96. The summed E-state index contributed by atoms with van der Waals surface area (Å²) < 4.78 is 5.67. The Labute approximate surface area is 181 Å². The van der Waals surface area contributed by atoms with Crippen LogP contribution in [-0.4, -0.2) is 64.2 Å². The van der Waals surface area contributed by atoms with Gasteiger partial charge >= 0.3 is 29.6 Å². The van der Waals surface area contributed by atoms with Crippen molar-refractivity contribution in [3.05, 3.63) is 5.32 Å². The molecule has 0 amide bonds. The van der Waals surface area contributed by atoms with E-state index in [1.807, 2.05) is 0 Å². The Morgan fingerprint density at radius 3 is 1.81 bits per heavy atom. The van der Waals surface area contributed by atoms with Crippen LogP contribution in [0, 0.1) is 0 Å². The fraction of sp³-hybridized carbons (Fsp3) is 1.00. The predicted molar refractivity (Wildman–Crippen MR) is 98.5 cm³/mol. The van der Waals surface area contributed by atoms with Crippen molar-refractivity contribution in [2.24, 2.45) is 0 Å². The largest absolute Gasteiger partial charge is 1.00 e. The van der Waals surface area contributed by atoms with Crippen molar-refractivity contribution in [1.82, 2.24) is 0 Å². The number of hydrogen-bond donors (Lipinski definition) is 4. The van der Waals surface area contributed by atoms with Crippen molar-refractivity contribution in [2.45, 2.75) is 108 Å². The topological polar surface area (TPSA) is 104 Å². The van der Waals surface area contributed by atoms with Gasteiger partial charge in [-0.2, -0.15) is 7.05 Å². The van der Waals surface area contributed by atoms with Gasteiger partial charge in [-0.15, -0.1) is 0 Å². The van der Waals surface area contributed by atoms with Crippen molar-refractivity contribution in [1.29, 1.82) is 0 Å². The van der Waals surface area contributed by atoms with Crippen molar-refractivity contribution in [3.8, 4) is 0 Å². The first-order chi connectivity index (χ1) is 12.0. The van der Waals surface area contributed by atoms with Gasteiger partial charge in [0.05, 0.1) is 12.7 Å². The summed E-state index contributed by atoms with van der Waals surface area (Å²) in [5.74, 6) is 0. The van der Waals surface area contributed by atoms with Gasteiger partial charge in [0.1, 0.15) is 18.3 Å². The maximum Gasteiger partial charge on any atom is 1.00 e. The molecule has 0 aromatic heterocycles. The van der Waals surface area contributed by atoms with E-state index < -0.39 is 36.7 Å². The SMILES string of the molecule is CCCCCCCCCCCCC1([N-]C)O[C@H](CO)[C@@H](O)[C@H](O)[C@H]1O.[Na+]. The average molecular weight is 384 g/mol. The fourth-order valence-corrected chi connectivity index (χ4v) is 3.59. The molecule has 1 aliphatic heterocycles. The molecule has 4 N–H and O–H groups in total. The number of aliphatic hydroxyl groups excluding tert-OH is 4. The number of nitrogens with zero attached hydrogens (tertiary/aromatic N) is 1. The molecule has 0 aromatic carbocycles. The van der Waals surface area contributed by atoms with Crippen LogP contribution in [0.15, 0.2) is 0 Å². The second kappa shape index (κ2) is 14.7. The molecule has 0 saturated carbocycles. The summed E-state index contributed by atoms with van der Waals surface area (Å²) >= 11 is 0. The third-order valence-electron chi connectivity index (χ3n) is 5.32. The molecule has 0 bridgehead atoms. The Kier molecular flexibility index (Phi) is 15.1. The summed E-state index contributed by atoms with van der Waals surface area (Å²) in [6.45, 7) is 1.81. The van der Waals surface area contributed by atoms with Gasteiger partial charge in [0.2, 0.25) is 0 Å². The molecule has 0 aliphatic carbocycles. The summed E-state index contributed by atoms with van der Waals surface area (Å²) in [4.78, 5) is 0. The molecule has 0 radical (unpaired) electrons. The molecule has 1 unspecified atom stereocenters. The normalized spacial score (nSPS) is 31.6. The van der Waals surface area contributed by atoms with E-state index in [9.17, 15) is 20.4 Å². The molecule has 0 spiro atoms. The maximum absolute atomic E-state index is 10.3. The fourth-order valence-electron chi connectivity index (χ4n) is 3.59. The van der Waals surface area contributed by atoms with Crippen LogP contribution in [0.3, 0.4) is 0 Å². The Hall–Kier alpha value is 0.760. The quantitative estimate of drug-likeness (QED) is 0.253. The van der Waals surface area contributed by atoms with E-state index >= 15 is 0 Å². The van der Waals surface area contributed by atoms with Gasteiger partial charge in [0, 0.05) is 5.72 Å². The van der Waals surface area contributed by atoms with E-state index in [2.05, 4.69) is 12.2 Å². The Morgan fingerprint density at radius 1 is 0.846 bits per heavy atom. The zero-order valence-corrected chi connectivity index (χ0v) is 18.9. The van der Waals surface area contributed by atoms with Gasteiger partial charge in [-0.05, 0) is 6.42 Å². The van der Waals surface area contributed by atoms with E-state index in [4.69, 9.17) is 4.74 Å². The smallest absolute Gasteiger partial charge is 0.634 e. The van der Waals surface area contributed by atoms with Crippen LogP contribution in [0.5, 0.6) is 0 Å². The molecule has 1 heterocycles. The number of unbranched alkanes of at least 4 members (excludes halogenated alkanes) is 9. The number of ether oxygens (including phenoxy) is 1. The third kappa shape index (κ3) is 8.02. The third-order valence-corrected chi connectivity index (χ3v) is 5.32. The van der Waals surface area contributed by atoms with E-state index in [1.165, 1.54) is 44.9 Å². The second-order valence-corrected chi connectivity index (χ2v) is 7.27. The van der Waals surface area contributed by atoms with Crippen molar-refractivity contribution in [2.75, 3.05) is 13.7 Å². The van der Waals surface area contributed by atoms with Gasteiger partial charge in [-0.25, -0.2) is 0 Å². The molecule has 26 heavy (non-hydrogen) atoms. The maximum atomic E-state index is 10.3.